The van der Waals surface area contributed by atoms with Gasteiger partial charge in [0.25, 0.3) is 11.8 Å². The molecule has 0 spiro atoms. The van der Waals surface area contributed by atoms with Gasteiger partial charge in [0.2, 0.25) is 5.91 Å². The molecule has 6 aromatic rings. The molecular formula is C42H31ClN6O4S. The molecule has 54 heavy (non-hydrogen) atoms. The first-order valence-electron chi connectivity index (χ1n) is 17.2. The Balaban J connectivity index is 1.11. The van der Waals surface area contributed by atoms with E-state index in [1.54, 1.807) is 42.5 Å². The zero-order valence-electron chi connectivity index (χ0n) is 28.8. The second kappa shape index (κ2) is 15.0. The average molecular weight is 751 g/mol. The quantitative estimate of drug-likeness (QED) is 0.111. The van der Waals surface area contributed by atoms with Gasteiger partial charge in [-0.25, -0.2) is 4.99 Å². The van der Waals surface area contributed by atoms with Gasteiger partial charge < -0.3 is 9.42 Å². The molecule has 4 heterocycles. The van der Waals surface area contributed by atoms with Gasteiger partial charge >= 0.3 is 0 Å². The van der Waals surface area contributed by atoms with E-state index in [-0.39, 0.29) is 44.5 Å². The Bertz CT molecular complexity index is 2410. The largest absolute Gasteiger partial charge is 0.355 e. The number of benzene rings is 4. The third-order valence-corrected chi connectivity index (χ3v) is 10.7. The molecule has 1 fully saturated rings. The van der Waals surface area contributed by atoms with Crippen LogP contribution >= 0.6 is 22.9 Å². The first-order chi connectivity index (χ1) is 26.3. The Morgan fingerprint density at radius 3 is 2.30 bits per heavy atom. The molecule has 0 saturated carbocycles. The third-order valence-electron chi connectivity index (χ3n) is 9.48. The summed E-state index contributed by atoms with van der Waals surface area (Å²) in [5, 5.41) is 14.3. The second-order valence-corrected chi connectivity index (χ2v) is 14.8. The van der Waals surface area contributed by atoms with Crippen LogP contribution in [0.15, 0.2) is 131 Å². The van der Waals surface area contributed by atoms with E-state index in [1.807, 2.05) is 83.8 Å². The van der Waals surface area contributed by atoms with E-state index >= 15 is 0 Å². The number of aliphatic imine (C=N–C) groups is 1. The van der Waals surface area contributed by atoms with Crippen LogP contribution in [0.5, 0.6) is 0 Å². The molecule has 266 valence electrons. The van der Waals surface area contributed by atoms with Gasteiger partial charge in [-0.15, -0.1) is 11.3 Å². The van der Waals surface area contributed by atoms with Gasteiger partial charge in [0.05, 0.1) is 45.0 Å². The van der Waals surface area contributed by atoms with Crippen molar-refractivity contribution in [2.75, 3.05) is 13.1 Å². The molecular weight excluding hydrogens is 720 g/mol. The van der Waals surface area contributed by atoms with Crippen LogP contribution in [0.4, 0.5) is 5.69 Å². The van der Waals surface area contributed by atoms with Crippen LogP contribution < -0.4 is 0 Å². The van der Waals surface area contributed by atoms with E-state index in [9.17, 15) is 19.6 Å². The van der Waals surface area contributed by atoms with E-state index in [0.717, 1.165) is 21.6 Å². The lowest BCUT2D eigenvalue weighted by atomic mass is 10.0. The van der Waals surface area contributed by atoms with E-state index < -0.39 is 11.9 Å². The molecule has 8 rings (SSSR count). The van der Waals surface area contributed by atoms with Gasteiger partial charge in [-0.05, 0) is 41.5 Å². The molecule has 3 amide bonds. The van der Waals surface area contributed by atoms with Crippen molar-refractivity contribution < 1.29 is 18.9 Å². The molecule has 2 aliphatic rings. The number of thiophene rings is 1. The van der Waals surface area contributed by atoms with Crippen molar-refractivity contribution in [3.8, 4) is 16.7 Å². The normalized spacial score (nSPS) is 15.6. The second-order valence-electron chi connectivity index (χ2n) is 13.0. The van der Waals surface area contributed by atoms with E-state index in [4.69, 9.17) is 21.1 Å². The standard InChI is InChI=1S/C42H31ClN6O4S/c43-38-18-17-37(54-38)36-20-32(46-53-36)24-47-25-35(42(52)49-23-31-13-7-8-14-33(31)41(49)51)48(39(50)26-47)22-27-15-16-30(21-44)34(19-27)45-40(28-9-3-1-4-10-28)29-11-5-2-6-12-29/h1-20,35H,22-26H2. The number of nitrogens with zero attached hydrogens (tertiary/aromatic N) is 6. The van der Waals surface area contributed by atoms with Gasteiger partial charge in [0.1, 0.15) is 12.1 Å². The zero-order chi connectivity index (χ0) is 37.2. The topological polar surface area (TPSA) is 123 Å². The molecule has 4 aromatic carbocycles. The van der Waals surface area contributed by atoms with Crippen LogP contribution in [0, 0.1) is 11.3 Å². The third kappa shape index (κ3) is 7.10. The van der Waals surface area contributed by atoms with Crippen molar-refractivity contribution in [3.05, 3.63) is 165 Å². The van der Waals surface area contributed by atoms with E-state index in [1.165, 1.54) is 21.1 Å². The molecule has 2 aromatic heterocycles. The highest BCUT2D eigenvalue weighted by atomic mass is 35.5. The lowest BCUT2D eigenvalue weighted by Crippen LogP contribution is -2.61. The Labute approximate surface area is 320 Å². The number of piperazine rings is 1. The predicted octanol–water partition coefficient (Wildman–Crippen LogP) is 7.49. The number of halogens is 1. The van der Waals surface area contributed by atoms with Gasteiger partial charge in [-0.1, -0.05) is 102 Å². The van der Waals surface area contributed by atoms with Gasteiger partial charge in [-0.3, -0.25) is 24.2 Å². The summed E-state index contributed by atoms with van der Waals surface area (Å²) in [4.78, 5) is 52.5. The summed E-state index contributed by atoms with van der Waals surface area (Å²) in [7, 11) is 0. The highest BCUT2D eigenvalue weighted by molar-refractivity contribution is 7.19. The number of amides is 3. The Morgan fingerprint density at radius 1 is 0.889 bits per heavy atom. The minimum absolute atomic E-state index is 0.0123. The molecule has 0 bridgehead atoms. The smallest absolute Gasteiger partial charge is 0.261 e. The Morgan fingerprint density at radius 2 is 1.61 bits per heavy atom. The van der Waals surface area contributed by atoms with E-state index in [2.05, 4.69) is 11.2 Å². The molecule has 1 atom stereocenters. The summed E-state index contributed by atoms with van der Waals surface area (Å²) < 4.78 is 6.20. The van der Waals surface area contributed by atoms with Crippen LogP contribution in [0.1, 0.15) is 43.9 Å². The van der Waals surface area contributed by atoms with Crippen molar-refractivity contribution in [1.29, 1.82) is 5.26 Å². The van der Waals surface area contributed by atoms with Crippen molar-refractivity contribution in [2.24, 2.45) is 4.99 Å². The first-order valence-corrected chi connectivity index (χ1v) is 18.4. The number of carbonyl (C=O) groups excluding carboxylic acids is 3. The summed E-state index contributed by atoms with van der Waals surface area (Å²) in [6.07, 6.45) is 0. The lowest BCUT2D eigenvalue weighted by molar-refractivity contribution is -0.151. The average Bonchev–Trinajstić information content (AvgIpc) is 3.94. The number of hydrogen-bond acceptors (Lipinski definition) is 9. The van der Waals surface area contributed by atoms with Crippen LogP contribution in [-0.2, 0) is 29.2 Å². The monoisotopic (exact) mass is 750 g/mol. The number of hydrogen-bond donors (Lipinski definition) is 0. The fourth-order valence-electron chi connectivity index (χ4n) is 6.85. The molecule has 1 unspecified atom stereocenters. The van der Waals surface area contributed by atoms with Crippen LogP contribution in [0.25, 0.3) is 10.6 Å². The number of imide groups is 1. The molecule has 0 aliphatic carbocycles. The molecule has 1 saturated heterocycles. The molecule has 10 nitrogen and oxygen atoms in total. The van der Waals surface area contributed by atoms with Crippen LogP contribution in [-0.4, -0.2) is 62.4 Å². The SMILES string of the molecule is N#Cc1ccc(CN2C(=O)CN(Cc3cc(-c4ccc(Cl)s4)on3)CC2C(=O)N2Cc3ccccc3C2=O)cc1N=C(c1ccccc1)c1ccccc1. The number of rotatable bonds is 9. The summed E-state index contributed by atoms with van der Waals surface area (Å²) >= 11 is 7.49. The minimum atomic E-state index is -0.987. The van der Waals surface area contributed by atoms with Gasteiger partial charge in [0, 0.05) is 42.4 Å². The summed E-state index contributed by atoms with van der Waals surface area (Å²) in [5.41, 5.74) is 5.75. The number of aromatic nitrogens is 1. The maximum absolute atomic E-state index is 14.4. The first kappa shape index (κ1) is 34.9. The predicted molar refractivity (Wildman–Crippen MR) is 205 cm³/mol. The summed E-state index contributed by atoms with van der Waals surface area (Å²) in [6.45, 7) is 0.604. The van der Waals surface area contributed by atoms with Crippen molar-refractivity contribution in [2.45, 2.75) is 25.7 Å². The number of fused-ring (bicyclic) bond motifs is 1. The minimum Gasteiger partial charge on any atom is -0.355 e. The van der Waals surface area contributed by atoms with Crippen LogP contribution in [0.3, 0.4) is 0 Å². The van der Waals surface area contributed by atoms with Crippen molar-refractivity contribution in [3.63, 3.8) is 0 Å². The maximum atomic E-state index is 14.4. The summed E-state index contributed by atoms with van der Waals surface area (Å²) in [6, 6.07) is 38.5. The molecule has 2 aliphatic heterocycles. The van der Waals surface area contributed by atoms with E-state index in [0.29, 0.717) is 43.9 Å². The molecule has 0 radical (unpaired) electrons. The van der Waals surface area contributed by atoms with Crippen LogP contribution in [0.2, 0.25) is 4.34 Å². The Kier molecular flexibility index (Phi) is 9.71. The van der Waals surface area contributed by atoms with Gasteiger partial charge in [0.15, 0.2) is 5.76 Å². The number of carbonyl (C=O) groups is 3. The van der Waals surface area contributed by atoms with Gasteiger partial charge in [-0.2, -0.15) is 5.26 Å². The zero-order valence-corrected chi connectivity index (χ0v) is 30.3. The maximum Gasteiger partial charge on any atom is 0.261 e. The van der Waals surface area contributed by atoms with Crippen molar-refractivity contribution >= 4 is 52.1 Å². The molecule has 12 heteroatoms. The van der Waals surface area contributed by atoms with Crippen molar-refractivity contribution in [1.82, 2.24) is 19.9 Å². The summed E-state index contributed by atoms with van der Waals surface area (Å²) in [5.74, 6) is -0.589. The highest BCUT2D eigenvalue weighted by Gasteiger charge is 2.43. The highest BCUT2D eigenvalue weighted by Crippen LogP contribution is 2.32. The number of nitriles is 1. The molecule has 0 N–H and O–H groups in total. The fraction of sp³-hybridized carbons (Fsp3) is 0.143. The fourth-order valence-corrected chi connectivity index (χ4v) is 7.84. The lowest BCUT2D eigenvalue weighted by Gasteiger charge is -2.41. The Hall–Kier alpha value is -6.19.